The van der Waals surface area contributed by atoms with Crippen LogP contribution in [0, 0.1) is 0 Å². The number of benzene rings is 2. The van der Waals surface area contributed by atoms with Crippen molar-refractivity contribution < 1.29 is 9.47 Å². The highest BCUT2D eigenvalue weighted by molar-refractivity contribution is 5.79. The highest BCUT2D eigenvalue weighted by atomic mass is 16.5. The largest absolute Gasteiger partial charge is 0.497 e. The fourth-order valence-electron chi connectivity index (χ4n) is 2.57. The number of methoxy groups -OCH3 is 2. The van der Waals surface area contributed by atoms with Crippen LogP contribution in [0.3, 0.4) is 0 Å². The summed E-state index contributed by atoms with van der Waals surface area (Å²) in [6, 6.07) is 16.0. The molecule has 0 amide bonds. The van der Waals surface area contributed by atoms with Gasteiger partial charge in [0.25, 0.3) is 0 Å². The van der Waals surface area contributed by atoms with Crippen molar-refractivity contribution in [3.8, 4) is 11.5 Å². The average molecular weight is 370 g/mol. The lowest BCUT2D eigenvalue weighted by molar-refractivity contribution is 0.391. The molecule has 0 aliphatic carbocycles. The topological polar surface area (TPSA) is 66.9 Å². The lowest BCUT2D eigenvalue weighted by Crippen LogP contribution is -2.38. The van der Waals surface area contributed by atoms with Crippen LogP contribution in [0.4, 0.5) is 5.69 Å². The third-order valence-corrected chi connectivity index (χ3v) is 3.99. The summed E-state index contributed by atoms with van der Waals surface area (Å²) in [4.78, 5) is 4.66. The highest BCUT2D eigenvalue weighted by Crippen LogP contribution is 2.25. The van der Waals surface area contributed by atoms with Gasteiger partial charge in [-0.15, -0.1) is 0 Å². The summed E-state index contributed by atoms with van der Waals surface area (Å²) in [6.45, 7) is 5.15. The molecule has 2 aromatic carbocycles. The number of hydrogen-bond acceptors (Lipinski definition) is 4. The smallest absolute Gasteiger partial charge is 0.191 e. The number of guanidine groups is 1. The van der Waals surface area contributed by atoms with Crippen LogP contribution in [-0.4, -0.2) is 39.8 Å². The van der Waals surface area contributed by atoms with Crippen molar-refractivity contribution in [1.29, 1.82) is 0 Å². The molecule has 0 heterocycles. The van der Waals surface area contributed by atoms with Crippen molar-refractivity contribution in [2.24, 2.45) is 4.99 Å². The van der Waals surface area contributed by atoms with E-state index in [1.807, 2.05) is 36.4 Å². The molecule has 6 heteroatoms. The van der Waals surface area contributed by atoms with Crippen LogP contribution in [0.1, 0.15) is 18.9 Å². The number of nitrogens with one attached hydrogen (secondary N) is 3. The second-order valence-electron chi connectivity index (χ2n) is 5.95. The third kappa shape index (κ3) is 7.09. The van der Waals surface area contributed by atoms with E-state index in [0.29, 0.717) is 6.54 Å². The average Bonchev–Trinajstić information content (AvgIpc) is 2.72. The zero-order valence-electron chi connectivity index (χ0n) is 16.4. The van der Waals surface area contributed by atoms with Crippen molar-refractivity contribution in [2.45, 2.75) is 19.9 Å². The first-order valence-electron chi connectivity index (χ1n) is 9.28. The molecule has 0 bridgehead atoms. The normalized spacial score (nSPS) is 11.0. The molecule has 27 heavy (non-hydrogen) atoms. The Bertz CT molecular complexity index is 705. The van der Waals surface area contributed by atoms with Gasteiger partial charge in [-0.25, -0.2) is 4.99 Å². The molecule has 0 radical (unpaired) electrons. The maximum absolute atomic E-state index is 5.44. The first-order valence-corrected chi connectivity index (χ1v) is 9.28. The van der Waals surface area contributed by atoms with Gasteiger partial charge in [0.05, 0.1) is 20.8 Å². The molecule has 2 aromatic rings. The molecule has 0 atom stereocenters. The van der Waals surface area contributed by atoms with Crippen LogP contribution >= 0.6 is 0 Å². The Hall–Kier alpha value is -2.89. The second kappa shape index (κ2) is 11.7. The van der Waals surface area contributed by atoms with Gasteiger partial charge in [-0.3, -0.25) is 0 Å². The van der Waals surface area contributed by atoms with Gasteiger partial charge >= 0.3 is 0 Å². The quantitative estimate of drug-likeness (QED) is 0.340. The molecule has 0 saturated heterocycles. The Morgan fingerprint density at radius 2 is 1.78 bits per heavy atom. The van der Waals surface area contributed by atoms with E-state index in [0.717, 1.165) is 54.8 Å². The van der Waals surface area contributed by atoms with E-state index in [9.17, 15) is 0 Å². The van der Waals surface area contributed by atoms with Crippen LogP contribution in [0.15, 0.2) is 53.5 Å². The summed E-state index contributed by atoms with van der Waals surface area (Å²) < 4.78 is 10.7. The van der Waals surface area contributed by atoms with Crippen LogP contribution in [0.5, 0.6) is 11.5 Å². The second-order valence-corrected chi connectivity index (χ2v) is 5.95. The lowest BCUT2D eigenvalue weighted by atomic mass is 10.2. The fourth-order valence-corrected chi connectivity index (χ4v) is 2.57. The highest BCUT2D eigenvalue weighted by Gasteiger charge is 2.05. The predicted molar refractivity (Wildman–Crippen MR) is 112 cm³/mol. The number of anilines is 1. The van der Waals surface area contributed by atoms with Crippen LogP contribution in [0.2, 0.25) is 0 Å². The molecule has 0 aliphatic rings. The van der Waals surface area contributed by atoms with Gasteiger partial charge in [0.15, 0.2) is 5.96 Å². The van der Waals surface area contributed by atoms with Crippen LogP contribution in [0.25, 0.3) is 0 Å². The fraction of sp³-hybridized carbons (Fsp3) is 0.381. The predicted octanol–water partition coefficient (Wildman–Crippen LogP) is 3.26. The van der Waals surface area contributed by atoms with E-state index in [4.69, 9.17) is 9.47 Å². The molecule has 146 valence electrons. The van der Waals surface area contributed by atoms with E-state index >= 15 is 0 Å². The summed E-state index contributed by atoms with van der Waals surface area (Å²) in [5.41, 5.74) is 2.16. The molecule has 6 nitrogen and oxygen atoms in total. The van der Waals surface area contributed by atoms with Crippen LogP contribution < -0.4 is 25.4 Å². The minimum atomic E-state index is 0.533. The Kier molecular flexibility index (Phi) is 8.83. The number of rotatable bonds is 10. The molecule has 0 saturated carbocycles. The Morgan fingerprint density at radius 1 is 0.963 bits per heavy atom. The molecule has 0 spiro atoms. The van der Waals surface area contributed by atoms with E-state index in [2.05, 4.69) is 40.0 Å². The molecule has 0 aliphatic heterocycles. The van der Waals surface area contributed by atoms with E-state index < -0.39 is 0 Å². The zero-order chi connectivity index (χ0) is 19.3. The summed E-state index contributed by atoms with van der Waals surface area (Å²) >= 11 is 0. The number of aliphatic imine (C=N–C) groups is 1. The van der Waals surface area contributed by atoms with Crippen molar-refractivity contribution in [3.05, 3.63) is 54.1 Å². The first-order chi connectivity index (χ1) is 13.3. The maximum Gasteiger partial charge on any atom is 0.191 e. The number of hydrogen-bond donors (Lipinski definition) is 3. The molecule has 3 N–H and O–H groups in total. The number of para-hydroxylation sites is 1. The summed E-state index contributed by atoms with van der Waals surface area (Å²) in [7, 11) is 3.30. The van der Waals surface area contributed by atoms with Gasteiger partial charge in [-0.1, -0.05) is 18.2 Å². The number of ether oxygens (including phenoxy) is 2. The SMILES string of the molecule is CCNC(=NCc1ccc(OC)cc1OC)NCCCNc1ccccc1. The van der Waals surface area contributed by atoms with E-state index in [1.54, 1.807) is 14.2 Å². The molecule has 0 unspecified atom stereocenters. The summed E-state index contributed by atoms with van der Waals surface area (Å²) in [5.74, 6) is 2.35. The Balaban J connectivity index is 1.83. The number of nitrogens with zero attached hydrogens (tertiary/aromatic N) is 1. The Labute approximate surface area is 162 Å². The standard InChI is InChI=1S/C21H30N4O2/c1-4-22-21(24-14-8-13-23-18-9-6-5-7-10-18)25-16-17-11-12-19(26-2)15-20(17)27-3/h5-7,9-12,15,23H,4,8,13-14,16H2,1-3H3,(H2,22,24,25). The van der Waals surface area contributed by atoms with Gasteiger partial charge in [0.2, 0.25) is 0 Å². The molecular formula is C21H30N4O2. The van der Waals surface area contributed by atoms with Gasteiger partial charge in [0.1, 0.15) is 11.5 Å². The van der Waals surface area contributed by atoms with Gasteiger partial charge in [0, 0.05) is 37.0 Å². The van der Waals surface area contributed by atoms with Crippen LogP contribution in [-0.2, 0) is 6.54 Å². The van der Waals surface area contributed by atoms with Gasteiger partial charge < -0.3 is 25.4 Å². The third-order valence-electron chi connectivity index (χ3n) is 3.99. The minimum absolute atomic E-state index is 0.533. The maximum atomic E-state index is 5.44. The molecular weight excluding hydrogens is 340 g/mol. The molecule has 0 aromatic heterocycles. The van der Waals surface area contributed by atoms with E-state index in [-0.39, 0.29) is 0 Å². The van der Waals surface area contributed by atoms with Gasteiger partial charge in [-0.05, 0) is 37.6 Å². The van der Waals surface area contributed by atoms with Gasteiger partial charge in [-0.2, -0.15) is 0 Å². The minimum Gasteiger partial charge on any atom is -0.497 e. The van der Waals surface area contributed by atoms with Crippen molar-refractivity contribution in [1.82, 2.24) is 10.6 Å². The van der Waals surface area contributed by atoms with E-state index in [1.165, 1.54) is 0 Å². The monoisotopic (exact) mass is 370 g/mol. The van der Waals surface area contributed by atoms with Crippen molar-refractivity contribution in [2.75, 3.05) is 39.2 Å². The van der Waals surface area contributed by atoms with Crippen molar-refractivity contribution in [3.63, 3.8) is 0 Å². The molecule has 2 rings (SSSR count). The summed E-state index contributed by atoms with van der Waals surface area (Å²) in [5, 5.41) is 10.1. The Morgan fingerprint density at radius 3 is 2.48 bits per heavy atom. The lowest BCUT2D eigenvalue weighted by Gasteiger charge is -2.13. The molecule has 0 fully saturated rings. The van der Waals surface area contributed by atoms with Crippen molar-refractivity contribution >= 4 is 11.6 Å². The first kappa shape index (κ1) is 20.4. The zero-order valence-corrected chi connectivity index (χ0v) is 16.4. The summed E-state index contributed by atoms with van der Waals surface area (Å²) in [6.07, 6.45) is 0.991.